The van der Waals surface area contributed by atoms with Gasteiger partial charge in [0.2, 0.25) is 0 Å². The van der Waals surface area contributed by atoms with Gasteiger partial charge in [0, 0.05) is 18.0 Å². The van der Waals surface area contributed by atoms with Crippen molar-refractivity contribution in [2.75, 3.05) is 14.2 Å². The van der Waals surface area contributed by atoms with E-state index >= 15 is 0 Å². The highest BCUT2D eigenvalue weighted by atomic mass is 19.4. The van der Waals surface area contributed by atoms with Crippen LogP contribution in [-0.4, -0.2) is 37.1 Å². The van der Waals surface area contributed by atoms with E-state index in [1.807, 2.05) is 7.05 Å². The van der Waals surface area contributed by atoms with Gasteiger partial charge in [0.25, 0.3) is 0 Å². The number of hydrogen-bond acceptors (Lipinski definition) is 3. The highest BCUT2D eigenvalue weighted by Gasteiger charge is 2.49. The summed E-state index contributed by atoms with van der Waals surface area (Å²) in [5, 5.41) is 0. The van der Waals surface area contributed by atoms with E-state index in [1.165, 1.54) is 19.2 Å². The van der Waals surface area contributed by atoms with E-state index < -0.39 is 11.7 Å². The quantitative estimate of drug-likeness (QED) is 0.779. The number of fused-ring (bicyclic) bond motifs is 2. The van der Waals surface area contributed by atoms with Gasteiger partial charge in [0.15, 0.2) is 0 Å². The molecule has 0 N–H and O–H groups in total. The largest absolute Gasteiger partial charge is 0.469 e. The van der Waals surface area contributed by atoms with Crippen LogP contribution in [0, 0.1) is 5.92 Å². The van der Waals surface area contributed by atoms with Crippen LogP contribution in [0.5, 0.6) is 0 Å². The Hall–Kier alpha value is -1.56. The number of ether oxygens (including phenoxy) is 1. The Morgan fingerprint density at radius 2 is 1.87 bits per heavy atom. The highest BCUT2D eigenvalue weighted by molar-refractivity contribution is 5.75. The van der Waals surface area contributed by atoms with Gasteiger partial charge in [-0.25, -0.2) is 0 Å². The van der Waals surface area contributed by atoms with Gasteiger partial charge >= 0.3 is 12.1 Å². The Kier molecular flexibility index (Phi) is 4.12. The molecular formula is C17H20F3NO2. The molecule has 4 atom stereocenters. The second-order valence-electron chi connectivity index (χ2n) is 6.47. The smallest absolute Gasteiger partial charge is 0.416 e. The van der Waals surface area contributed by atoms with Gasteiger partial charge in [-0.05, 0) is 44.0 Å². The maximum atomic E-state index is 12.7. The van der Waals surface area contributed by atoms with Crippen molar-refractivity contribution in [3.8, 4) is 0 Å². The van der Waals surface area contributed by atoms with E-state index in [2.05, 4.69) is 4.90 Å². The Morgan fingerprint density at radius 1 is 1.22 bits per heavy atom. The summed E-state index contributed by atoms with van der Waals surface area (Å²) in [7, 11) is 3.38. The number of benzene rings is 1. The first kappa shape index (κ1) is 16.3. The van der Waals surface area contributed by atoms with Crippen molar-refractivity contribution in [2.24, 2.45) is 5.92 Å². The van der Waals surface area contributed by atoms with E-state index in [1.54, 1.807) is 0 Å². The van der Waals surface area contributed by atoms with Crippen LogP contribution in [0.1, 0.15) is 36.3 Å². The molecule has 3 nitrogen and oxygen atoms in total. The molecule has 0 amide bonds. The third-order valence-corrected chi connectivity index (χ3v) is 5.41. The molecular weight excluding hydrogens is 307 g/mol. The van der Waals surface area contributed by atoms with Crippen LogP contribution < -0.4 is 0 Å². The van der Waals surface area contributed by atoms with Crippen LogP contribution in [0.3, 0.4) is 0 Å². The molecule has 2 aliphatic rings. The van der Waals surface area contributed by atoms with Crippen LogP contribution in [0.2, 0.25) is 0 Å². The number of methoxy groups -OCH3 is 1. The van der Waals surface area contributed by atoms with Gasteiger partial charge in [-0.2, -0.15) is 13.2 Å². The molecule has 0 spiro atoms. The lowest BCUT2D eigenvalue weighted by atomic mass is 9.76. The molecule has 2 bridgehead atoms. The second kappa shape index (κ2) is 5.82. The summed E-state index contributed by atoms with van der Waals surface area (Å²) in [6, 6.07) is 5.71. The number of halogens is 3. The number of rotatable bonds is 2. The molecule has 2 fully saturated rings. The number of carbonyl (C=O) groups excluding carboxylic acids is 1. The Labute approximate surface area is 133 Å². The first-order valence-corrected chi connectivity index (χ1v) is 7.80. The van der Waals surface area contributed by atoms with E-state index in [-0.39, 0.29) is 23.8 Å². The predicted molar refractivity (Wildman–Crippen MR) is 78.9 cm³/mol. The number of alkyl halides is 3. The second-order valence-corrected chi connectivity index (χ2v) is 6.47. The number of hydrogen-bond donors (Lipinski definition) is 0. The number of piperidine rings is 1. The molecule has 0 aromatic heterocycles. The zero-order valence-electron chi connectivity index (χ0n) is 13.1. The topological polar surface area (TPSA) is 29.5 Å². The van der Waals surface area contributed by atoms with Crippen LogP contribution in [0.4, 0.5) is 13.2 Å². The lowest BCUT2D eigenvalue weighted by molar-refractivity contribution is -0.150. The van der Waals surface area contributed by atoms with Crippen LogP contribution in [0.25, 0.3) is 0 Å². The first-order chi connectivity index (χ1) is 10.8. The third kappa shape index (κ3) is 2.84. The first-order valence-electron chi connectivity index (χ1n) is 7.80. The normalized spacial score (nSPS) is 31.2. The SMILES string of the molecule is COC(=O)[C@H]1[C@@H](c2ccc(C(F)(F)F)cc2)C[C@@H]2CC[C@H]1N2C. The summed E-state index contributed by atoms with van der Waals surface area (Å²) < 4.78 is 43.2. The fourth-order valence-electron chi connectivity index (χ4n) is 4.19. The molecule has 2 saturated heterocycles. The van der Waals surface area contributed by atoms with Crippen molar-refractivity contribution in [3.63, 3.8) is 0 Å². The van der Waals surface area contributed by atoms with Crippen molar-refractivity contribution in [1.82, 2.24) is 4.90 Å². The summed E-state index contributed by atoms with van der Waals surface area (Å²) in [5.41, 5.74) is 0.130. The standard InChI is InChI=1S/C17H20F3NO2/c1-21-12-7-8-14(21)15(16(22)23-2)13(9-12)10-3-5-11(6-4-10)17(18,19)20/h3-6,12-15H,7-9H2,1-2H3/t12-,13+,14+,15-/m0/s1. The fraction of sp³-hybridized carbons (Fsp3) is 0.588. The summed E-state index contributed by atoms with van der Waals surface area (Å²) in [6.45, 7) is 0. The molecule has 126 valence electrons. The summed E-state index contributed by atoms with van der Waals surface area (Å²) in [5.74, 6) is -0.675. The van der Waals surface area contributed by atoms with Crippen molar-refractivity contribution < 1.29 is 22.7 Å². The molecule has 0 saturated carbocycles. The zero-order chi connectivity index (χ0) is 16.8. The van der Waals surface area contributed by atoms with Gasteiger partial charge in [0.05, 0.1) is 18.6 Å². The van der Waals surface area contributed by atoms with Gasteiger partial charge in [0.1, 0.15) is 0 Å². The van der Waals surface area contributed by atoms with E-state index in [0.29, 0.717) is 6.04 Å². The molecule has 2 heterocycles. The van der Waals surface area contributed by atoms with Crippen molar-refractivity contribution in [1.29, 1.82) is 0 Å². The van der Waals surface area contributed by atoms with Gasteiger partial charge in [-0.1, -0.05) is 12.1 Å². The van der Waals surface area contributed by atoms with Gasteiger partial charge < -0.3 is 4.74 Å². The molecule has 0 radical (unpaired) electrons. The lowest BCUT2D eigenvalue weighted by Crippen LogP contribution is -2.49. The molecule has 6 heteroatoms. The number of carbonyl (C=O) groups is 1. The van der Waals surface area contributed by atoms with Crippen molar-refractivity contribution in [3.05, 3.63) is 35.4 Å². The summed E-state index contributed by atoms with van der Waals surface area (Å²) in [6.07, 6.45) is -1.62. The van der Waals surface area contributed by atoms with Crippen molar-refractivity contribution in [2.45, 2.75) is 43.4 Å². The minimum absolute atomic E-state index is 0.0848. The molecule has 0 aliphatic carbocycles. The molecule has 0 unspecified atom stereocenters. The third-order valence-electron chi connectivity index (χ3n) is 5.41. The Morgan fingerprint density at radius 3 is 2.43 bits per heavy atom. The molecule has 23 heavy (non-hydrogen) atoms. The summed E-state index contributed by atoms with van der Waals surface area (Å²) >= 11 is 0. The van der Waals surface area contributed by atoms with Gasteiger partial charge in [-0.3, -0.25) is 9.69 Å². The number of esters is 1. The van der Waals surface area contributed by atoms with Crippen molar-refractivity contribution >= 4 is 5.97 Å². The molecule has 3 rings (SSSR count). The maximum Gasteiger partial charge on any atom is 0.416 e. The van der Waals surface area contributed by atoms with E-state index in [0.717, 1.165) is 37.0 Å². The van der Waals surface area contributed by atoms with E-state index in [9.17, 15) is 18.0 Å². The molecule has 2 aliphatic heterocycles. The Bertz CT molecular complexity index is 584. The highest BCUT2D eigenvalue weighted by Crippen LogP contribution is 2.46. The maximum absolute atomic E-state index is 12.7. The van der Waals surface area contributed by atoms with Crippen LogP contribution in [-0.2, 0) is 15.7 Å². The van der Waals surface area contributed by atoms with E-state index in [4.69, 9.17) is 4.74 Å². The Balaban J connectivity index is 1.92. The minimum atomic E-state index is -4.34. The predicted octanol–water partition coefficient (Wildman–Crippen LogP) is 3.44. The average molecular weight is 327 g/mol. The number of nitrogens with zero attached hydrogens (tertiary/aromatic N) is 1. The molecule has 1 aromatic carbocycles. The molecule has 1 aromatic rings. The zero-order valence-corrected chi connectivity index (χ0v) is 13.1. The van der Waals surface area contributed by atoms with Crippen LogP contribution >= 0.6 is 0 Å². The average Bonchev–Trinajstić information content (AvgIpc) is 2.75. The summed E-state index contributed by atoms with van der Waals surface area (Å²) in [4.78, 5) is 14.5. The fourth-order valence-corrected chi connectivity index (χ4v) is 4.19. The minimum Gasteiger partial charge on any atom is -0.469 e. The lowest BCUT2D eigenvalue weighted by Gasteiger charge is -2.41. The monoisotopic (exact) mass is 327 g/mol. The van der Waals surface area contributed by atoms with Crippen LogP contribution in [0.15, 0.2) is 24.3 Å². The van der Waals surface area contributed by atoms with Gasteiger partial charge in [-0.15, -0.1) is 0 Å².